The zero-order valence-electron chi connectivity index (χ0n) is 11.9. The van der Waals surface area contributed by atoms with Crippen molar-refractivity contribution < 1.29 is 4.79 Å². The fraction of sp³-hybridized carbons (Fsp3) is 0.562. The molecule has 3 nitrogen and oxygen atoms in total. The Morgan fingerprint density at radius 1 is 1.47 bits per heavy atom. The second-order valence-electron chi connectivity index (χ2n) is 5.56. The molecule has 1 aromatic rings. The molecule has 2 rings (SSSR count). The molecule has 2 atom stereocenters. The third kappa shape index (κ3) is 4.06. The Morgan fingerprint density at radius 2 is 2.26 bits per heavy atom. The van der Waals surface area contributed by atoms with Crippen molar-refractivity contribution in [2.45, 2.75) is 45.1 Å². The highest BCUT2D eigenvalue weighted by Crippen LogP contribution is 2.22. The molecule has 1 aliphatic heterocycles. The van der Waals surface area contributed by atoms with Crippen molar-refractivity contribution in [3.8, 4) is 0 Å². The van der Waals surface area contributed by atoms with Crippen molar-refractivity contribution in [3.63, 3.8) is 0 Å². The molecule has 0 spiro atoms. The van der Waals surface area contributed by atoms with Crippen LogP contribution in [0, 0.1) is 6.92 Å². The first-order valence-corrected chi connectivity index (χ1v) is 7.22. The van der Waals surface area contributed by atoms with Crippen LogP contribution in [0.1, 0.15) is 43.2 Å². The van der Waals surface area contributed by atoms with Crippen LogP contribution in [0.3, 0.4) is 0 Å². The number of aryl methyl sites for hydroxylation is 1. The SMILES string of the molecule is Cc1ccccc1C(C)CC(=O)NCC1CCCN1. The van der Waals surface area contributed by atoms with Crippen LogP contribution in [0.2, 0.25) is 0 Å². The number of benzene rings is 1. The smallest absolute Gasteiger partial charge is 0.220 e. The predicted molar refractivity (Wildman–Crippen MR) is 78.2 cm³/mol. The summed E-state index contributed by atoms with van der Waals surface area (Å²) in [5, 5.41) is 6.43. The average molecular weight is 260 g/mol. The molecule has 1 amide bonds. The summed E-state index contributed by atoms with van der Waals surface area (Å²) in [6, 6.07) is 8.77. The molecule has 2 N–H and O–H groups in total. The lowest BCUT2D eigenvalue weighted by atomic mass is 9.93. The maximum Gasteiger partial charge on any atom is 0.220 e. The van der Waals surface area contributed by atoms with Crippen LogP contribution in [-0.2, 0) is 4.79 Å². The van der Waals surface area contributed by atoms with E-state index in [2.05, 4.69) is 36.6 Å². The lowest BCUT2D eigenvalue weighted by Crippen LogP contribution is -2.37. The van der Waals surface area contributed by atoms with Gasteiger partial charge in [-0.1, -0.05) is 31.2 Å². The van der Waals surface area contributed by atoms with Gasteiger partial charge in [0.1, 0.15) is 0 Å². The summed E-state index contributed by atoms with van der Waals surface area (Å²) < 4.78 is 0. The largest absolute Gasteiger partial charge is 0.355 e. The topological polar surface area (TPSA) is 41.1 Å². The summed E-state index contributed by atoms with van der Waals surface area (Å²) in [5.74, 6) is 0.433. The minimum atomic E-state index is 0.157. The van der Waals surface area contributed by atoms with E-state index in [-0.39, 0.29) is 11.8 Å². The first kappa shape index (κ1) is 14.1. The van der Waals surface area contributed by atoms with Gasteiger partial charge in [-0.05, 0) is 43.4 Å². The van der Waals surface area contributed by atoms with Gasteiger partial charge in [0.05, 0.1) is 0 Å². The number of hydrogen-bond acceptors (Lipinski definition) is 2. The van der Waals surface area contributed by atoms with Gasteiger partial charge in [-0.15, -0.1) is 0 Å². The minimum Gasteiger partial charge on any atom is -0.355 e. The van der Waals surface area contributed by atoms with E-state index >= 15 is 0 Å². The molecule has 1 fully saturated rings. The molecule has 19 heavy (non-hydrogen) atoms. The van der Waals surface area contributed by atoms with Crippen LogP contribution in [0.5, 0.6) is 0 Å². The van der Waals surface area contributed by atoms with Crippen molar-refractivity contribution in [2.75, 3.05) is 13.1 Å². The fourth-order valence-electron chi connectivity index (χ4n) is 2.77. The molecule has 1 aliphatic rings. The van der Waals surface area contributed by atoms with Gasteiger partial charge < -0.3 is 10.6 Å². The van der Waals surface area contributed by atoms with Gasteiger partial charge in [0, 0.05) is 19.0 Å². The Hall–Kier alpha value is -1.35. The maximum atomic E-state index is 12.0. The molecule has 1 heterocycles. The Balaban J connectivity index is 1.79. The van der Waals surface area contributed by atoms with Gasteiger partial charge in [-0.3, -0.25) is 4.79 Å². The molecule has 3 heteroatoms. The normalized spacial score (nSPS) is 20.2. The molecule has 0 aromatic heterocycles. The number of nitrogens with one attached hydrogen (secondary N) is 2. The summed E-state index contributed by atoms with van der Waals surface area (Å²) in [5.41, 5.74) is 2.54. The average Bonchev–Trinajstić information content (AvgIpc) is 2.90. The lowest BCUT2D eigenvalue weighted by molar-refractivity contribution is -0.121. The van der Waals surface area contributed by atoms with E-state index < -0.39 is 0 Å². The molecular formula is C16H24N2O. The van der Waals surface area contributed by atoms with Crippen molar-refractivity contribution in [3.05, 3.63) is 35.4 Å². The molecule has 0 saturated carbocycles. The van der Waals surface area contributed by atoms with E-state index in [1.807, 2.05) is 12.1 Å². The van der Waals surface area contributed by atoms with E-state index in [9.17, 15) is 4.79 Å². The zero-order valence-corrected chi connectivity index (χ0v) is 11.9. The second kappa shape index (κ2) is 6.71. The molecular weight excluding hydrogens is 236 g/mol. The third-order valence-corrected chi connectivity index (χ3v) is 3.92. The van der Waals surface area contributed by atoms with E-state index in [1.54, 1.807) is 0 Å². The molecule has 2 unspecified atom stereocenters. The highest BCUT2D eigenvalue weighted by molar-refractivity contribution is 5.76. The van der Waals surface area contributed by atoms with Crippen LogP contribution in [0.25, 0.3) is 0 Å². The number of carbonyl (C=O) groups is 1. The Labute approximate surface area is 115 Å². The first-order chi connectivity index (χ1) is 9.16. The molecule has 1 aromatic carbocycles. The van der Waals surface area contributed by atoms with Crippen LogP contribution in [0.4, 0.5) is 0 Å². The van der Waals surface area contributed by atoms with Crippen LogP contribution in [0.15, 0.2) is 24.3 Å². The Bertz CT molecular complexity index is 425. The summed E-state index contributed by atoms with van der Waals surface area (Å²) >= 11 is 0. The standard InChI is InChI=1S/C16H24N2O/c1-12-6-3-4-8-15(12)13(2)10-16(19)18-11-14-7-5-9-17-14/h3-4,6,8,13-14,17H,5,7,9-11H2,1-2H3,(H,18,19). The lowest BCUT2D eigenvalue weighted by Gasteiger charge is -2.16. The number of hydrogen-bond donors (Lipinski definition) is 2. The summed E-state index contributed by atoms with van der Waals surface area (Å²) in [4.78, 5) is 12.0. The third-order valence-electron chi connectivity index (χ3n) is 3.92. The van der Waals surface area contributed by atoms with Gasteiger partial charge >= 0.3 is 0 Å². The predicted octanol–water partition coefficient (Wildman–Crippen LogP) is 2.36. The van der Waals surface area contributed by atoms with Crippen LogP contribution in [-0.4, -0.2) is 25.0 Å². The van der Waals surface area contributed by atoms with Gasteiger partial charge in [0.15, 0.2) is 0 Å². The van der Waals surface area contributed by atoms with Gasteiger partial charge in [0.25, 0.3) is 0 Å². The highest BCUT2D eigenvalue weighted by Gasteiger charge is 2.16. The van der Waals surface area contributed by atoms with Gasteiger partial charge in [0.2, 0.25) is 5.91 Å². The molecule has 0 bridgehead atoms. The van der Waals surface area contributed by atoms with Gasteiger partial charge in [-0.2, -0.15) is 0 Å². The fourth-order valence-corrected chi connectivity index (χ4v) is 2.77. The monoisotopic (exact) mass is 260 g/mol. The quantitative estimate of drug-likeness (QED) is 0.853. The Kier molecular flexibility index (Phi) is 4.97. The van der Waals surface area contributed by atoms with E-state index in [4.69, 9.17) is 0 Å². The first-order valence-electron chi connectivity index (χ1n) is 7.22. The van der Waals surface area contributed by atoms with Crippen LogP contribution >= 0.6 is 0 Å². The zero-order chi connectivity index (χ0) is 13.7. The van der Waals surface area contributed by atoms with Crippen molar-refractivity contribution in [2.24, 2.45) is 0 Å². The molecule has 1 saturated heterocycles. The maximum absolute atomic E-state index is 12.0. The van der Waals surface area contributed by atoms with Crippen LogP contribution < -0.4 is 10.6 Å². The molecule has 104 valence electrons. The molecule has 0 aliphatic carbocycles. The van der Waals surface area contributed by atoms with Crippen molar-refractivity contribution in [1.29, 1.82) is 0 Å². The van der Waals surface area contributed by atoms with E-state index in [0.717, 1.165) is 13.1 Å². The minimum absolute atomic E-state index is 0.157. The summed E-state index contributed by atoms with van der Waals surface area (Å²) in [7, 11) is 0. The van der Waals surface area contributed by atoms with Crippen molar-refractivity contribution in [1.82, 2.24) is 10.6 Å². The van der Waals surface area contributed by atoms with E-state index in [0.29, 0.717) is 12.5 Å². The second-order valence-corrected chi connectivity index (χ2v) is 5.56. The summed E-state index contributed by atoms with van der Waals surface area (Å²) in [6.07, 6.45) is 2.96. The van der Waals surface area contributed by atoms with Gasteiger partial charge in [-0.25, -0.2) is 0 Å². The molecule has 0 radical (unpaired) electrons. The number of carbonyl (C=O) groups excluding carboxylic acids is 1. The van der Waals surface area contributed by atoms with E-state index in [1.165, 1.54) is 24.0 Å². The number of amides is 1. The Morgan fingerprint density at radius 3 is 2.95 bits per heavy atom. The van der Waals surface area contributed by atoms with Crippen molar-refractivity contribution >= 4 is 5.91 Å². The number of rotatable bonds is 5. The summed E-state index contributed by atoms with van der Waals surface area (Å²) in [6.45, 7) is 6.07. The highest BCUT2D eigenvalue weighted by atomic mass is 16.1.